The molecule has 0 radical (unpaired) electrons. The van der Waals surface area contributed by atoms with E-state index in [0.717, 1.165) is 12.1 Å². The first-order chi connectivity index (χ1) is 13.7. The van der Waals surface area contributed by atoms with Gasteiger partial charge in [0.25, 0.3) is 0 Å². The second-order valence-corrected chi connectivity index (χ2v) is 7.17. The summed E-state index contributed by atoms with van der Waals surface area (Å²) >= 11 is 0. The molecule has 0 aliphatic heterocycles. The highest BCUT2D eigenvalue weighted by molar-refractivity contribution is 6.21. The van der Waals surface area contributed by atoms with Gasteiger partial charge in [0.2, 0.25) is 0 Å². The van der Waals surface area contributed by atoms with E-state index in [1.54, 1.807) is 0 Å². The summed E-state index contributed by atoms with van der Waals surface area (Å²) in [4.78, 5) is 15.3. The topological polar surface area (TPSA) is 43.1 Å². The van der Waals surface area contributed by atoms with Crippen molar-refractivity contribution < 1.29 is 31.1 Å². The van der Waals surface area contributed by atoms with Gasteiger partial charge in [-0.3, -0.25) is 9.78 Å². The lowest BCUT2D eigenvalue weighted by atomic mass is 9.97. The van der Waals surface area contributed by atoms with E-state index in [1.807, 2.05) is 24.5 Å². The molecule has 4 nitrogen and oxygen atoms in total. The average Bonchev–Trinajstić information content (AvgIpc) is 2.71. The van der Waals surface area contributed by atoms with Crippen molar-refractivity contribution in [1.82, 2.24) is 4.98 Å². The molecule has 0 aliphatic rings. The van der Waals surface area contributed by atoms with Crippen molar-refractivity contribution in [1.29, 1.82) is 0 Å². The van der Waals surface area contributed by atoms with Gasteiger partial charge in [-0.15, -0.1) is 0 Å². The van der Waals surface area contributed by atoms with E-state index in [2.05, 4.69) is 58.3 Å². The Balaban J connectivity index is 0.00000205. The molecule has 0 aliphatic carbocycles. The fourth-order valence-corrected chi connectivity index (χ4v) is 3.85. The van der Waals surface area contributed by atoms with Crippen LogP contribution in [0.15, 0.2) is 73.3 Å². The number of carbonyl (C=O) groups excluding carboxylic acids is 1. The number of rotatable bonds is 4. The van der Waals surface area contributed by atoms with Crippen LogP contribution < -0.4 is 21.5 Å². The van der Waals surface area contributed by atoms with E-state index >= 15 is 0 Å². The summed E-state index contributed by atoms with van der Waals surface area (Å²) in [5.74, 6) is -0.260. The molecule has 0 bridgehead atoms. The van der Waals surface area contributed by atoms with E-state index in [4.69, 9.17) is 4.74 Å². The van der Waals surface area contributed by atoms with E-state index in [9.17, 15) is 4.79 Å². The maximum absolute atomic E-state index is 10.9. The number of nitrogens with zero attached hydrogens (tertiary/aromatic N) is 2. The number of benzene rings is 3. The molecule has 0 saturated heterocycles. The minimum absolute atomic E-state index is 0. The second kappa shape index (κ2) is 7.76. The summed E-state index contributed by atoms with van der Waals surface area (Å²) in [5, 5.41) is 7.40. The predicted octanol–water partition coefficient (Wildman–Crippen LogP) is 1.38. The zero-order chi connectivity index (χ0) is 19.1. The Morgan fingerprint density at radius 2 is 1.34 bits per heavy atom. The van der Waals surface area contributed by atoms with Crippen LogP contribution in [-0.4, -0.2) is 11.0 Å². The molecular formula is C24H19BrN2O2. The Labute approximate surface area is 178 Å². The van der Waals surface area contributed by atoms with Gasteiger partial charge >= 0.3 is 5.97 Å². The molecule has 144 valence electrons. The van der Waals surface area contributed by atoms with Crippen LogP contribution in [0, 0.1) is 0 Å². The summed E-state index contributed by atoms with van der Waals surface area (Å²) in [6, 6.07) is 16.8. The SMILES string of the molecule is CC(=O)OCc1ccc(C[n+]2cc3ccc4cncc5ccc(c2)c3c45)cc1.[Br-]. The lowest BCUT2D eigenvalue weighted by Gasteiger charge is -2.09. The minimum Gasteiger partial charge on any atom is -1.00 e. The van der Waals surface area contributed by atoms with E-state index in [-0.39, 0.29) is 23.0 Å². The molecule has 29 heavy (non-hydrogen) atoms. The number of aromatic nitrogens is 2. The van der Waals surface area contributed by atoms with Crippen molar-refractivity contribution >= 4 is 38.3 Å². The second-order valence-electron chi connectivity index (χ2n) is 7.17. The largest absolute Gasteiger partial charge is 1.00 e. The zero-order valence-electron chi connectivity index (χ0n) is 15.9. The summed E-state index contributed by atoms with van der Waals surface area (Å²) in [5.41, 5.74) is 2.20. The minimum atomic E-state index is -0.260. The highest BCUT2D eigenvalue weighted by Gasteiger charge is 2.13. The number of ether oxygens (including phenoxy) is 1. The molecule has 3 aromatic carbocycles. The van der Waals surface area contributed by atoms with Crippen molar-refractivity contribution in [3.8, 4) is 0 Å². The van der Waals surface area contributed by atoms with Gasteiger partial charge in [-0.25, -0.2) is 0 Å². The molecule has 0 N–H and O–H groups in total. The molecule has 2 heterocycles. The normalized spacial score (nSPS) is 11.1. The van der Waals surface area contributed by atoms with Crippen LogP contribution in [0.5, 0.6) is 0 Å². The summed E-state index contributed by atoms with van der Waals surface area (Å²) < 4.78 is 7.27. The van der Waals surface area contributed by atoms with Crippen LogP contribution >= 0.6 is 0 Å². The van der Waals surface area contributed by atoms with Gasteiger partial charge < -0.3 is 21.7 Å². The van der Waals surface area contributed by atoms with Gasteiger partial charge in [-0.2, -0.15) is 4.57 Å². The van der Waals surface area contributed by atoms with Crippen molar-refractivity contribution in [2.45, 2.75) is 20.1 Å². The molecular weight excluding hydrogens is 428 g/mol. The van der Waals surface area contributed by atoms with Crippen LogP contribution in [-0.2, 0) is 22.7 Å². The Bertz CT molecular complexity index is 1250. The molecule has 0 unspecified atom stereocenters. The lowest BCUT2D eigenvalue weighted by Crippen LogP contribution is -3.00. The van der Waals surface area contributed by atoms with Gasteiger partial charge in [0.1, 0.15) is 6.61 Å². The number of halogens is 1. The van der Waals surface area contributed by atoms with Crippen molar-refractivity contribution in [2.75, 3.05) is 0 Å². The maximum atomic E-state index is 10.9. The van der Waals surface area contributed by atoms with Gasteiger partial charge in [-0.1, -0.05) is 36.4 Å². The number of esters is 1. The molecule has 5 aromatic rings. The lowest BCUT2D eigenvalue weighted by molar-refractivity contribution is -0.685. The number of pyridine rings is 2. The van der Waals surface area contributed by atoms with Gasteiger partial charge in [-0.05, 0) is 17.7 Å². The fraction of sp³-hybridized carbons (Fsp3) is 0.125. The number of carbonyl (C=O) groups is 1. The van der Waals surface area contributed by atoms with Crippen LogP contribution in [0.3, 0.4) is 0 Å². The standard InChI is InChI=1S/C24H19N2O2.BrH/c1-16(27)28-15-18-4-2-17(3-5-18)12-26-13-21-8-6-19-10-25-11-20-7-9-22(14-26)24(21)23(19)20;/h2-11,13-14H,12,15H2,1H3;1H/q+1;/p-1. The van der Waals surface area contributed by atoms with Gasteiger partial charge in [0.05, 0.1) is 0 Å². The van der Waals surface area contributed by atoms with Crippen molar-refractivity contribution in [2.24, 2.45) is 0 Å². The third-order valence-electron chi connectivity index (χ3n) is 5.16. The molecule has 0 amide bonds. The van der Waals surface area contributed by atoms with Crippen molar-refractivity contribution in [3.05, 3.63) is 84.4 Å². The van der Waals surface area contributed by atoms with Crippen LogP contribution in [0.2, 0.25) is 0 Å². The monoisotopic (exact) mass is 446 g/mol. The van der Waals surface area contributed by atoms with Crippen LogP contribution in [0.1, 0.15) is 18.1 Å². The van der Waals surface area contributed by atoms with Crippen molar-refractivity contribution in [3.63, 3.8) is 0 Å². The number of hydrogen-bond acceptors (Lipinski definition) is 3. The molecule has 0 fully saturated rings. The van der Waals surface area contributed by atoms with Gasteiger partial charge in [0.15, 0.2) is 18.9 Å². The average molecular weight is 447 g/mol. The predicted molar refractivity (Wildman–Crippen MR) is 109 cm³/mol. The Kier molecular flexibility index (Phi) is 5.16. The summed E-state index contributed by atoms with van der Waals surface area (Å²) in [6.45, 7) is 2.53. The first-order valence-corrected chi connectivity index (χ1v) is 9.30. The van der Waals surface area contributed by atoms with Crippen LogP contribution in [0.4, 0.5) is 0 Å². The van der Waals surface area contributed by atoms with E-state index in [0.29, 0.717) is 6.61 Å². The van der Waals surface area contributed by atoms with Crippen LogP contribution in [0.25, 0.3) is 32.3 Å². The van der Waals surface area contributed by atoms with E-state index < -0.39 is 0 Å². The fourth-order valence-electron chi connectivity index (χ4n) is 3.85. The van der Waals surface area contributed by atoms with Gasteiger partial charge in [0, 0.05) is 57.2 Å². The smallest absolute Gasteiger partial charge is 0.302 e. The summed E-state index contributed by atoms with van der Waals surface area (Å²) in [7, 11) is 0. The van der Waals surface area contributed by atoms with E-state index in [1.165, 1.54) is 44.8 Å². The molecule has 5 heteroatoms. The quantitative estimate of drug-likeness (QED) is 0.238. The molecule has 5 rings (SSSR count). The molecule has 2 aromatic heterocycles. The molecule has 0 saturated carbocycles. The first-order valence-electron chi connectivity index (χ1n) is 9.30. The Morgan fingerprint density at radius 3 is 1.93 bits per heavy atom. The molecule has 0 atom stereocenters. The first kappa shape index (κ1) is 19.3. The highest BCUT2D eigenvalue weighted by Crippen LogP contribution is 2.32. The maximum Gasteiger partial charge on any atom is 0.302 e. The highest BCUT2D eigenvalue weighted by atomic mass is 79.9. The Morgan fingerprint density at radius 1 is 0.828 bits per heavy atom. The third kappa shape index (κ3) is 3.66. The summed E-state index contributed by atoms with van der Waals surface area (Å²) in [6.07, 6.45) is 8.27. The zero-order valence-corrected chi connectivity index (χ0v) is 17.5. The molecule has 0 spiro atoms. The third-order valence-corrected chi connectivity index (χ3v) is 5.16. The Hall–Kier alpha value is -3.05. The number of hydrogen-bond donors (Lipinski definition) is 0.